The summed E-state index contributed by atoms with van der Waals surface area (Å²) in [5.74, 6) is -0.139. The lowest BCUT2D eigenvalue weighted by atomic mass is 10.1. The Morgan fingerprint density at radius 3 is 1.73 bits per heavy atom. The molecular weight excluding hydrogens is 354 g/mol. The molecule has 0 aliphatic rings. The summed E-state index contributed by atoms with van der Waals surface area (Å²) in [5.41, 5.74) is 0. The fraction of sp³-hybridized carbons (Fsp3) is 1.00. The highest BCUT2D eigenvalue weighted by molar-refractivity contribution is 7.85. The van der Waals surface area contributed by atoms with Gasteiger partial charge >= 0.3 is 0 Å². The summed E-state index contributed by atoms with van der Waals surface area (Å²) in [7, 11) is -3.85. The first kappa shape index (κ1) is 25.8. The van der Waals surface area contributed by atoms with Crippen molar-refractivity contribution < 1.29 is 26.9 Å². The largest absolute Gasteiger partial charge is 0.379 e. The molecule has 0 aromatic heterocycles. The number of rotatable bonds is 19. The van der Waals surface area contributed by atoms with Gasteiger partial charge in [0.2, 0.25) is 0 Å². The molecule has 0 aromatic carbocycles. The minimum Gasteiger partial charge on any atom is -0.379 e. The number of hydrogen-bond acceptors (Lipinski definition) is 4. The van der Waals surface area contributed by atoms with E-state index in [0.717, 1.165) is 63.0 Å². The van der Waals surface area contributed by atoms with Crippen LogP contribution in [-0.4, -0.2) is 75.8 Å². The quantitative estimate of drug-likeness (QED) is 0.205. The van der Waals surface area contributed by atoms with Gasteiger partial charge in [0.1, 0.15) is 6.54 Å². The van der Waals surface area contributed by atoms with Gasteiger partial charge in [0.05, 0.1) is 45.2 Å². The first-order valence-corrected chi connectivity index (χ1v) is 12.0. The molecule has 7 heteroatoms. The van der Waals surface area contributed by atoms with E-state index in [4.69, 9.17) is 14.0 Å². The Morgan fingerprint density at radius 1 is 0.692 bits per heavy atom. The van der Waals surface area contributed by atoms with Crippen LogP contribution in [0.3, 0.4) is 0 Å². The molecule has 0 fully saturated rings. The number of ether oxygens (including phenoxy) is 2. The van der Waals surface area contributed by atoms with Crippen LogP contribution < -0.4 is 0 Å². The first-order valence-electron chi connectivity index (χ1n) is 10.3. The standard InChI is InChI=1S/C19H41NO5S/c1-4-7-11-20(12-8-5-2,13-9-10-19-26(21,22)23)14-16-25-18-17-24-15-6-3/h4-19H2,1-3H3/p+1. The Labute approximate surface area is 161 Å². The average Bonchev–Trinajstić information content (AvgIpc) is 2.60. The van der Waals surface area contributed by atoms with Crippen molar-refractivity contribution in [3.63, 3.8) is 0 Å². The highest BCUT2D eigenvalue weighted by Gasteiger charge is 2.26. The SMILES string of the molecule is CCCC[N+](CCCC)(CCCCS(=O)(=O)O)CCOCCOCCC. The third kappa shape index (κ3) is 14.9. The van der Waals surface area contributed by atoms with Crippen LogP contribution in [0.25, 0.3) is 0 Å². The normalized spacial score (nSPS) is 12.6. The van der Waals surface area contributed by atoms with Gasteiger partial charge in [-0.25, -0.2) is 0 Å². The van der Waals surface area contributed by atoms with Gasteiger partial charge in [-0.3, -0.25) is 4.55 Å². The lowest BCUT2D eigenvalue weighted by molar-refractivity contribution is -0.929. The molecule has 0 radical (unpaired) electrons. The van der Waals surface area contributed by atoms with Gasteiger partial charge in [-0.1, -0.05) is 33.6 Å². The van der Waals surface area contributed by atoms with Crippen molar-refractivity contribution in [2.75, 3.05) is 58.4 Å². The molecule has 0 aliphatic heterocycles. The first-order chi connectivity index (χ1) is 12.4. The van der Waals surface area contributed by atoms with Crippen LogP contribution in [0.2, 0.25) is 0 Å². The Balaban J connectivity index is 4.50. The highest BCUT2D eigenvalue weighted by Crippen LogP contribution is 2.15. The molecule has 0 saturated heterocycles. The van der Waals surface area contributed by atoms with Crippen LogP contribution in [0.1, 0.15) is 65.7 Å². The Bertz CT molecular complexity index is 406. The predicted octanol–water partition coefficient (Wildman–Crippen LogP) is 3.51. The van der Waals surface area contributed by atoms with E-state index in [9.17, 15) is 8.42 Å². The molecule has 0 spiro atoms. The summed E-state index contributed by atoms with van der Waals surface area (Å²) in [6.45, 7) is 13.4. The van der Waals surface area contributed by atoms with E-state index in [-0.39, 0.29) is 5.75 Å². The second kappa shape index (κ2) is 15.8. The molecule has 0 bridgehead atoms. The highest BCUT2D eigenvalue weighted by atomic mass is 32.2. The Kier molecular flexibility index (Phi) is 15.7. The van der Waals surface area contributed by atoms with Crippen LogP contribution in [0.5, 0.6) is 0 Å². The Morgan fingerprint density at radius 2 is 1.23 bits per heavy atom. The van der Waals surface area contributed by atoms with E-state index in [1.165, 1.54) is 12.8 Å². The van der Waals surface area contributed by atoms with Gasteiger partial charge in [-0.2, -0.15) is 8.42 Å². The van der Waals surface area contributed by atoms with E-state index in [0.29, 0.717) is 26.2 Å². The van der Waals surface area contributed by atoms with E-state index in [1.807, 2.05) is 0 Å². The molecule has 6 nitrogen and oxygen atoms in total. The zero-order chi connectivity index (χ0) is 19.7. The van der Waals surface area contributed by atoms with Crippen molar-refractivity contribution in [1.82, 2.24) is 0 Å². The minimum absolute atomic E-state index is 0.139. The summed E-state index contributed by atoms with van der Waals surface area (Å²) in [5, 5.41) is 0. The van der Waals surface area contributed by atoms with E-state index in [1.54, 1.807) is 0 Å². The number of quaternary nitrogens is 1. The van der Waals surface area contributed by atoms with E-state index in [2.05, 4.69) is 20.8 Å². The third-order valence-electron chi connectivity index (χ3n) is 4.69. The monoisotopic (exact) mass is 396 g/mol. The van der Waals surface area contributed by atoms with Crippen LogP contribution >= 0.6 is 0 Å². The van der Waals surface area contributed by atoms with Crippen molar-refractivity contribution in [2.24, 2.45) is 0 Å². The molecule has 26 heavy (non-hydrogen) atoms. The second-order valence-corrected chi connectivity index (χ2v) is 8.73. The topological polar surface area (TPSA) is 72.8 Å². The van der Waals surface area contributed by atoms with Crippen LogP contribution in [0, 0.1) is 0 Å². The smallest absolute Gasteiger partial charge is 0.264 e. The lowest BCUT2D eigenvalue weighted by Crippen LogP contribution is -2.52. The fourth-order valence-corrected chi connectivity index (χ4v) is 3.68. The van der Waals surface area contributed by atoms with Crippen molar-refractivity contribution in [1.29, 1.82) is 0 Å². The zero-order valence-electron chi connectivity index (χ0n) is 17.2. The molecule has 158 valence electrons. The molecule has 1 N–H and O–H groups in total. The predicted molar refractivity (Wildman–Crippen MR) is 107 cm³/mol. The van der Waals surface area contributed by atoms with Crippen LogP contribution in [0.4, 0.5) is 0 Å². The second-order valence-electron chi connectivity index (χ2n) is 7.16. The maximum atomic E-state index is 10.9. The molecule has 0 atom stereocenters. The van der Waals surface area contributed by atoms with Crippen molar-refractivity contribution >= 4 is 10.1 Å². The maximum absolute atomic E-state index is 10.9. The summed E-state index contributed by atoms with van der Waals surface area (Å²) >= 11 is 0. The van der Waals surface area contributed by atoms with Gasteiger partial charge < -0.3 is 14.0 Å². The average molecular weight is 397 g/mol. The molecule has 0 aliphatic carbocycles. The van der Waals surface area contributed by atoms with Gasteiger partial charge in [-0.05, 0) is 32.1 Å². The van der Waals surface area contributed by atoms with Crippen molar-refractivity contribution in [2.45, 2.75) is 65.7 Å². The Hall–Kier alpha value is -0.210. The fourth-order valence-electron chi connectivity index (χ4n) is 3.11. The summed E-state index contributed by atoms with van der Waals surface area (Å²) in [4.78, 5) is 0. The third-order valence-corrected chi connectivity index (χ3v) is 5.49. The van der Waals surface area contributed by atoms with Crippen molar-refractivity contribution in [3.8, 4) is 0 Å². The lowest BCUT2D eigenvalue weighted by Gasteiger charge is -2.39. The van der Waals surface area contributed by atoms with Gasteiger partial charge in [0.15, 0.2) is 0 Å². The zero-order valence-corrected chi connectivity index (χ0v) is 18.1. The molecule has 0 unspecified atom stereocenters. The van der Waals surface area contributed by atoms with Crippen LogP contribution in [0.15, 0.2) is 0 Å². The van der Waals surface area contributed by atoms with E-state index < -0.39 is 10.1 Å². The molecular formula is C19H42NO5S+. The number of nitrogens with zero attached hydrogens (tertiary/aromatic N) is 1. The van der Waals surface area contributed by atoms with Crippen LogP contribution in [-0.2, 0) is 19.6 Å². The van der Waals surface area contributed by atoms with Gasteiger partial charge in [0, 0.05) is 6.61 Å². The summed E-state index contributed by atoms with van der Waals surface area (Å²) in [6, 6.07) is 0. The van der Waals surface area contributed by atoms with Gasteiger partial charge in [0.25, 0.3) is 10.1 Å². The molecule has 0 saturated carbocycles. The molecule has 0 rings (SSSR count). The molecule has 0 heterocycles. The summed E-state index contributed by atoms with van der Waals surface area (Å²) < 4.78 is 43.0. The summed E-state index contributed by atoms with van der Waals surface area (Å²) in [6.07, 6.45) is 7.00. The van der Waals surface area contributed by atoms with E-state index >= 15 is 0 Å². The van der Waals surface area contributed by atoms with Gasteiger partial charge in [-0.15, -0.1) is 0 Å². The number of hydrogen-bond donors (Lipinski definition) is 1. The molecule has 0 aromatic rings. The maximum Gasteiger partial charge on any atom is 0.264 e. The number of unbranched alkanes of at least 4 members (excludes halogenated alkanes) is 3. The minimum atomic E-state index is -3.85. The van der Waals surface area contributed by atoms with Crippen molar-refractivity contribution in [3.05, 3.63) is 0 Å². The molecule has 0 amide bonds.